The molecule has 1 N–H and O–H groups in total. The largest absolute Gasteiger partial charge is 0.486 e. The number of rotatable bonds is 5. The van der Waals surface area contributed by atoms with Crippen molar-refractivity contribution in [3.63, 3.8) is 0 Å². The number of nitrogens with zero attached hydrogens (tertiary/aromatic N) is 1. The number of hydrogen-bond acceptors (Lipinski definition) is 5. The maximum absolute atomic E-state index is 13.1. The van der Waals surface area contributed by atoms with Crippen LogP contribution in [0.25, 0.3) is 0 Å². The highest BCUT2D eigenvalue weighted by Crippen LogP contribution is 2.33. The maximum atomic E-state index is 13.1. The van der Waals surface area contributed by atoms with Gasteiger partial charge in [0.15, 0.2) is 11.5 Å². The molecule has 2 aliphatic heterocycles. The molecular weight excluding hydrogens is 423 g/mol. The van der Waals surface area contributed by atoms with Crippen molar-refractivity contribution in [2.75, 3.05) is 26.3 Å². The number of carbonyl (C=O) groups excluding carboxylic acids is 1. The summed E-state index contributed by atoms with van der Waals surface area (Å²) in [6, 6.07) is 10.2. The minimum Gasteiger partial charge on any atom is -0.486 e. The lowest BCUT2D eigenvalue weighted by Crippen LogP contribution is -2.43. The highest BCUT2D eigenvalue weighted by Gasteiger charge is 2.32. The maximum Gasteiger partial charge on any atom is 0.243 e. The smallest absolute Gasteiger partial charge is 0.243 e. The van der Waals surface area contributed by atoms with Crippen molar-refractivity contribution in [2.24, 2.45) is 5.92 Å². The van der Waals surface area contributed by atoms with E-state index in [0.29, 0.717) is 37.6 Å². The molecule has 1 fully saturated rings. The minimum atomic E-state index is -3.69. The van der Waals surface area contributed by atoms with E-state index in [1.54, 1.807) is 0 Å². The Morgan fingerprint density at radius 3 is 2.39 bits per heavy atom. The van der Waals surface area contributed by atoms with Gasteiger partial charge in [-0.15, -0.1) is 0 Å². The van der Waals surface area contributed by atoms with Crippen molar-refractivity contribution in [2.45, 2.75) is 30.7 Å². The number of carbonyl (C=O) groups is 1. The number of ether oxygens (including phenoxy) is 2. The third-order valence-corrected chi connectivity index (χ3v) is 7.61. The summed E-state index contributed by atoms with van der Waals surface area (Å²) >= 11 is 0. The number of fused-ring (bicyclic) bond motifs is 1. The predicted octanol–water partition coefficient (Wildman–Crippen LogP) is 2.88. The van der Waals surface area contributed by atoms with Gasteiger partial charge in [0, 0.05) is 19.0 Å². The second kappa shape index (κ2) is 8.84. The van der Waals surface area contributed by atoms with Crippen LogP contribution in [0.3, 0.4) is 0 Å². The van der Waals surface area contributed by atoms with Crippen molar-refractivity contribution >= 4 is 15.9 Å². The van der Waals surface area contributed by atoms with Gasteiger partial charge in [0.1, 0.15) is 19.0 Å². The molecule has 0 saturated carbocycles. The number of sulfonamides is 1. The van der Waals surface area contributed by atoms with E-state index in [2.05, 4.69) is 5.32 Å². The standard InChI is InChI=1S/C22H25FN2O5S/c1-15(17-2-7-20-21(14-17)30-13-12-29-20)24-22(26)16-8-10-25(11-9-16)31(27,28)19-5-3-18(23)4-6-19/h2-7,14-16H,8-13H2,1H3,(H,24,26). The fourth-order valence-electron chi connectivity index (χ4n) is 3.86. The molecule has 0 aromatic heterocycles. The first kappa shape index (κ1) is 21.6. The fourth-order valence-corrected chi connectivity index (χ4v) is 5.33. The predicted molar refractivity (Wildman–Crippen MR) is 112 cm³/mol. The zero-order valence-corrected chi connectivity index (χ0v) is 18.0. The van der Waals surface area contributed by atoms with Crippen LogP contribution in [0.2, 0.25) is 0 Å². The van der Waals surface area contributed by atoms with Crippen LogP contribution < -0.4 is 14.8 Å². The first-order valence-corrected chi connectivity index (χ1v) is 11.7. The van der Waals surface area contributed by atoms with E-state index in [-0.39, 0.29) is 35.9 Å². The summed E-state index contributed by atoms with van der Waals surface area (Å²) < 4.78 is 51.1. The summed E-state index contributed by atoms with van der Waals surface area (Å²) in [6.07, 6.45) is 0.861. The summed E-state index contributed by atoms with van der Waals surface area (Å²) in [5.41, 5.74) is 0.911. The number of amides is 1. The lowest BCUT2D eigenvalue weighted by Gasteiger charge is -2.31. The van der Waals surface area contributed by atoms with Crippen molar-refractivity contribution in [3.05, 3.63) is 53.8 Å². The Kier molecular flexibility index (Phi) is 6.15. The lowest BCUT2D eigenvalue weighted by molar-refractivity contribution is -0.126. The third kappa shape index (κ3) is 4.67. The van der Waals surface area contributed by atoms with E-state index in [1.807, 2.05) is 25.1 Å². The van der Waals surface area contributed by atoms with Crippen LogP contribution in [-0.2, 0) is 14.8 Å². The third-order valence-electron chi connectivity index (χ3n) is 5.70. The molecule has 31 heavy (non-hydrogen) atoms. The molecule has 1 amide bonds. The quantitative estimate of drug-likeness (QED) is 0.760. The molecule has 166 valence electrons. The second-order valence-corrected chi connectivity index (χ2v) is 9.70. The van der Waals surface area contributed by atoms with Crippen LogP contribution in [-0.4, -0.2) is 44.9 Å². The molecule has 4 rings (SSSR count). The van der Waals surface area contributed by atoms with Crippen molar-refractivity contribution in [1.29, 1.82) is 0 Å². The molecule has 0 aliphatic carbocycles. The molecule has 1 atom stereocenters. The Bertz CT molecular complexity index is 1050. The Hall–Kier alpha value is -2.65. The van der Waals surface area contributed by atoms with Gasteiger partial charge in [-0.1, -0.05) is 6.07 Å². The van der Waals surface area contributed by atoms with E-state index in [9.17, 15) is 17.6 Å². The number of nitrogens with one attached hydrogen (secondary N) is 1. The first-order chi connectivity index (χ1) is 14.8. The Morgan fingerprint density at radius 2 is 1.71 bits per heavy atom. The summed E-state index contributed by atoms with van der Waals surface area (Å²) in [7, 11) is -3.69. The van der Waals surface area contributed by atoms with Gasteiger partial charge in [0.2, 0.25) is 15.9 Å². The Balaban J connectivity index is 1.34. The lowest BCUT2D eigenvalue weighted by atomic mass is 9.96. The van der Waals surface area contributed by atoms with Crippen molar-refractivity contribution < 1.29 is 27.1 Å². The van der Waals surface area contributed by atoms with Gasteiger partial charge in [-0.2, -0.15) is 4.31 Å². The second-order valence-electron chi connectivity index (χ2n) is 7.77. The van der Waals surface area contributed by atoms with Gasteiger partial charge in [-0.3, -0.25) is 4.79 Å². The Morgan fingerprint density at radius 1 is 1.06 bits per heavy atom. The molecule has 2 aromatic carbocycles. The van der Waals surface area contributed by atoms with Crippen molar-refractivity contribution in [1.82, 2.24) is 9.62 Å². The van der Waals surface area contributed by atoms with Gasteiger partial charge in [-0.25, -0.2) is 12.8 Å². The average Bonchev–Trinajstić information content (AvgIpc) is 2.79. The zero-order valence-electron chi connectivity index (χ0n) is 17.2. The molecular formula is C22H25FN2O5S. The van der Waals surface area contributed by atoms with Crippen LogP contribution >= 0.6 is 0 Å². The highest BCUT2D eigenvalue weighted by atomic mass is 32.2. The van der Waals surface area contributed by atoms with Crippen LogP contribution in [0.1, 0.15) is 31.4 Å². The summed E-state index contributed by atoms with van der Waals surface area (Å²) in [5.74, 6) is 0.523. The van der Waals surface area contributed by atoms with E-state index < -0.39 is 15.8 Å². The van der Waals surface area contributed by atoms with Gasteiger partial charge in [-0.05, 0) is 61.7 Å². The molecule has 7 nitrogen and oxygen atoms in total. The zero-order chi connectivity index (χ0) is 22.0. The molecule has 2 aliphatic rings. The number of benzene rings is 2. The van der Waals surface area contributed by atoms with E-state index in [0.717, 1.165) is 17.7 Å². The van der Waals surface area contributed by atoms with Gasteiger partial charge in [0.05, 0.1) is 10.9 Å². The van der Waals surface area contributed by atoms with E-state index in [1.165, 1.54) is 16.4 Å². The van der Waals surface area contributed by atoms with Crippen LogP contribution in [0, 0.1) is 11.7 Å². The molecule has 1 saturated heterocycles. The molecule has 1 unspecified atom stereocenters. The van der Waals surface area contributed by atoms with Gasteiger partial charge in [0.25, 0.3) is 0 Å². The molecule has 0 radical (unpaired) electrons. The van der Waals surface area contributed by atoms with E-state index in [4.69, 9.17) is 9.47 Å². The van der Waals surface area contributed by atoms with Crippen LogP contribution in [0.5, 0.6) is 11.5 Å². The first-order valence-electron chi connectivity index (χ1n) is 10.3. The van der Waals surface area contributed by atoms with E-state index >= 15 is 0 Å². The van der Waals surface area contributed by atoms with Gasteiger partial charge >= 0.3 is 0 Å². The van der Waals surface area contributed by atoms with Crippen molar-refractivity contribution in [3.8, 4) is 11.5 Å². The summed E-state index contributed by atoms with van der Waals surface area (Å²) in [5, 5.41) is 3.02. The number of hydrogen-bond donors (Lipinski definition) is 1. The normalized spacial score (nSPS) is 18.4. The molecule has 0 bridgehead atoms. The Labute approximate surface area is 181 Å². The highest BCUT2D eigenvalue weighted by molar-refractivity contribution is 7.89. The van der Waals surface area contributed by atoms with Crippen LogP contribution in [0.15, 0.2) is 47.4 Å². The van der Waals surface area contributed by atoms with Crippen LogP contribution in [0.4, 0.5) is 4.39 Å². The molecule has 0 spiro atoms. The number of halogens is 1. The summed E-state index contributed by atoms with van der Waals surface area (Å²) in [4.78, 5) is 12.8. The fraction of sp³-hybridized carbons (Fsp3) is 0.409. The van der Waals surface area contributed by atoms with Gasteiger partial charge < -0.3 is 14.8 Å². The minimum absolute atomic E-state index is 0.0593. The topological polar surface area (TPSA) is 84.9 Å². The molecule has 2 aromatic rings. The summed E-state index contributed by atoms with van der Waals surface area (Å²) in [6.45, 7) is 3.41. The number of piperidine rings is 1. The average molecular weight is 449 g/mol. The molecule has 2 heterocycles. The SMILES string of the molecule is CC(NC(=O)C1CCN(S(=O)(=O)c2ccc(F)cc2)CC1)c1ccc2c(c1)OCCO2. The molecule has 9 heteroatoms. The monoisotopic (exact) mass is 448 g/mol.